The average Bonchev–Trinajstić information content (AvgIpc) is 2.52. The summed E-state index contributed by atoms with van der Waals surface area (Å²) >= 11 is 0. The van der Waals surface area contributed by atoms with Crippen LogP contribution in [0.3, 0.4) is 0 Å². The van der Waals surface area contributed by atoms with E-state index in [1.165, 1.54) is 13.2 Å². The summed E-state index contributed by atoms with van der Waals surface area (Å²) in [5.41, 5.74) is 0.595. The normalized spacial score (nSPS) is 15.7. The minimum Gasteiger partial charge on any atom is -0.496 e. The number of methoxy groups -OCH3 is 1. The Bertz CT molecular complexity index is 475. The number of rotatable bonds is 7. The van der Waals surface area contributed by atoms with E-state index in [9.17, 15) is 10.1 Å². The van der Waals surface area contributed by atoms with Crippen molar-refractivity contribution in [2.24, 2.45) is 0 Å². The van der Waals surface area contributed by atoms with Crippen LogP contribution in [-0.2, 0) is 0 Å². The maximum atomic E-state index is 11.1. The molecule has 2 rings (SSSR count). The van der Waals surface area contributed by atoms with Crippen LogP contribution in [0.5, 0.6) is 5.75 Å². The molecule has 1 heterocycles. The number of hydrogen-bond acceptors (Lipinski definition) is 6. The highest BCUT2D eigenvalue weighted by Crippen LogP contribution is 2.28. The van der Waals surface area contributed by atoms with Crippen LogP contribution in [0.2, 0.25) is 0 Å². The van der Waals surface area contributed by atoms with E-state index in [1.54, 1.807) is 12.1 Å². The lowest BCUT2D eigenvalue weighted by atomic mass is 10.2. The molecule has 1 aliphatic rings. The number of anilines is 1. The minimum absolute atomic E-state index is 0.0523. The van der Waals surface area contributed by atoms with Crippen LogP contribution in [0.25, 0.3) is 0 Å². The summed E-state index contributed by atoms with van der Waals surface area (Å²) in [7, 11) is 1.50. The number of piperazine rings is 1. The van der Waals surface area contributed by atoms with E-state index in [2.05, 4.69) is 15.5 Å². The Hall–Kier alpha value is -1.86. The Labute approximate surface area is 124 Å². The van der Waals surface area contributed by atoms with Crippen molar-refractivity contribution in [2.45, 2.75) is 6.42 Å². The summed E-state index contributed by atoms with van der Waals surface area (Å²) in [5.74, 6) is 0.494. The van der Waals surface area contributed by atoms with Crippen molar-refractivity contribution < 1.29 is 9.66 Å². The molecule has 0 aliphatic carbocycles. The fourth-order valence-corrected chi connectivity index (χ4v) is 2.40. The molecule has 1 fully saturated rings. The van der Waals surface area contributed by atoms with Crippen molar-refractivity contribution >= 4 is 11.4 Å². The first-order chi connectivity index (χ1) is 10.2. The number of ether oxygens (including phenoxy) is 1. The first-order valence-electron chi connectivity index (χ1n) is 7.20. The zero-order valence-corrected chi connectivity index (χ0v) is 12.3. The summed E-state index contributed by atoms with van der Waals surface area (Å²) < 4.78 is 5.02. The third kappa shape index (κ3) is 4.57. The summed E-state index contributed by atoms with van der Waals surface area (Å²) in [6.45, 7) is 5.95. The maximum absolute atomic E-state index is 11.1. The van der Waals surface area contributed by atoms with Gasteiger partial charge in [-0.05, 0) is 25.1 Å². The molecular weight excluding hydrogens is 272 g/mol. The van der Waals surface area contributed by atoms with Crippen LogP contribution < -0.4 is 15.4 Å². The number of nitrogens with zero attached hydrogens (tertiary/aromatic N) is 2. The van der Waals surface area contributed by atoms with Gasteiger partial charge >= 0.3 is 0 Å². The van der Waals surface area contributed by atoms with Crippen molar-refractivity contribution in [1.29, 1.82) is 0 Å². The molecule has 21 heavy (non-hydrogen) atoms. The molecule has 7 nitrogen and oxygen atoms in total. The van der Waals surface area contributed by atoms with Crippen molar-refractivity contribution in [1.82, 2.24) is 10.2 Å². The standard InChI is InChI=1S/C14H22N4O3/c1-21-12-3-4-13(14(11-12)18(19)20)16-5-2-8-17-9-6-15-7-10-17/h3-4,11,15-16H,2,5-10H2,1H3. The van der Waals surface area contributed by atoms with Gasteiger partial charge in [0, 0.05) is 32.7 Å². The molecule has 0 spiro atoms. The second-order valence-electron chi connectivity index (χ2n) is 5.01. The van der Waals surface area contributed by atoms with Gasteiger partial charge in [-0.3, -0.25) is 10.1 Å². The van der Waals surface area contributed by atoms with Gasteiger partial charge in [-0.15, -0.1) is 0 Å². The maximum Gasteiger partial charge on any atom is 0.296 e. The lowest BCUT2D eigenvalue weighted by molar-refractivity contribution is -0.384. The van der Waals surface area contributed by atoms with Gasteiger partial charge in [0.05, 0.1) is 18.1 Å². The van der Waals surface area contributed by atoms with Gasteiger partial charge in [-0.2, -0.15) is 0 Å². The quantitative estimate of drug-likeness (QED) is 0.448. The molecule has 7 heteroatoms. The zero-order chi connectivity index (χ0) is 15.1. The third-order valence-electron chi connectivity index (χ3n) is 3.58. The van der Waals surface area contributed by atoms with Gasteiger partial charge in [-0.25, -0.2) is 0 Å². The van der Waals surface area contributed by atoms with E-state index in [4.69, 9.17) is 4.74 Å². The highest BCUT2D eigenvalue weighted by Gasteiger charge is 2.15. The van der Waals surface area contributed by atoms with Crippen LogP contribution >= 0.6 is 0 Å². The Morgan fingerprint density at radius 3 is 2.86 bits per heavy atom. The van der Waals surface area contributed by atoms with Gasteiger partial charge in [0.15, 0.2) is 0 Å². The highest BCUT2D eigenvalue weighted by atomic mass is 16.6. The molecule has 0 atom stereocenters. The summed E-state index contributed by atoms with van der Waals surface area (Å²) in [5, 5.41) is 17.5. The third-order valence-corrected chi connectivity index (χ3v) is 3.58. The molecule has 0 bridgehead atoms. The molecular formula is C14H22N4O3. The molecule has 0 amide bonds. The smallest absolute Gasteiger partial charge is 0.296 e. The molecule has 1 aliphatic heterocycles. The molecule has 1 aromatic rings. The number of nitro groups is 1. The SMILES string of the molecule is COc1ccc(NCCCN2CCNCC2)c([N+](=O)[O-])c1. The van der Waals surface area contributed by atoms with Gasteiger partial charge < -0.3 is 20.3 Å². The molecule has 1 aromatic carbocycles. The number of hydrogen-bond donors (Lipinski definition) is 2. The molecule has 1 saturated heterocycles. The molecule has 0 aromatic heterocycles. The van der Waals surface area contributed by atoms with Gasteiger partial charge in [0.25, 0.3) is 5.69 Å². The van der Waals surface area contributed by atoms with E-state index in [1.807, 2.05) is 0 Å². The highest BCUT2D eigenvalue weighted by molar-refractivity contribution is 5.63. The average molecular weight is 294 g/mol. The Kier molecular flexibility index (Phi) is 5.77. The Morgan fingerprint density at radius 2 is 2.19 bits per heavy atom. The van der Waals surface area contributed by atoms with Crippen LogP contribution in [0.1, 0.15) is 6.42 Å². The van der Waals surface area contributed by atoms with Crippen LogP contribution in [0.4, 0.5) is 11.4 Å². The summed E-state index contributed by atoms with van der Waals surface area (Å²) in [4.78, 5) is 13.1. The van der Waals surface area contributed by atoms with Gasteiger partial charge in [0.1, 0.15) is 11.4 Å². The minimum atomic E-state index is -0.388. The molecule has 0 radical (unpaired) electrons. The molecule has 0 saturated carbocycles. The Morgan fingerprint density at radius 1 is 1.43 bits per heavy atom. The second kappa shape index (κ2) is 7.80. The van der Waals surface area contributed by atoms with Gasteiger partial charge in [-0.1, -0.05) is 0 Å². The predicted molar refractivity (Wildman–Crippen MR) is 82.1 cm³/mol. The van der Waals surface area contributed by atoms with E-state index >= 15 is 0 Å². The molecule has 2 N–H and O–H groups in total. The number of benzene rings is 1. The lowest BCUT2D eigenvalue weighted by Gasteiger charge is -2.27. The fourth-order valence-electron chi connectivity index (χ4n) is 2.40. The second-order valence-corrected chi connectivity index (χ2v) is 5.01. The fraction of sp³-hybridized carbons (Fsp3) is 0.571. The van der Waals surface area contributed by atoms with E-state index < -0.39 is 0 Å². The monoisotopic (exact) mass is 294 g/mol. The van der Waals surface area contributed by atoms with Crippen LogP contribution in [0.15, 0.2) is 18.2 Å². The topological polar surface area (TPSA) is 79.7 Å². The first kappa shape index (κ1) is 15.5. The predicted octanol–water partition coefficient (Wildman–Crippen LogP) is 1.31. The zero-order valence-electron chi connectivity index (χ0n) is 12.3. The first-order valence-corrected chi connectivity index (χ1v) is 7.20. The molecule has 116 valence electrons. The summed E-state index contributed by atoms with van der Waals surface area (Å²) in [6.07, 6.45) is 0.961. The van der Waals surface area contributed by atoms with E-state index in [0.717, 1.165) is 45.7 Å². The largest absolute Gasteiger partial charge is 0.496 e. The van der Waals surface area contributed by atoms with Crippen molar-refractivity contribution in [3.05, 3.63) is 28.3 Å². The Balaban J connectivity index is 1.83. The van der Waals surface area contributed by atoms with Gasteiger partial charge in [0.2, 0.25) is 0 Å². The van der Waals surface area contributed by atoms with Crippen molar-refractivity contribution in [2.75, 3.05) is 51.7 Å². The number of nitro benzene ring substituents is 1. The van der Waals surface area contributed by atoms with E-state index in [-0.39, 0.29) is 10.6 Å². The summed E-state index contributed by atoms with van der Waals surface area (Å²) in [6, 6.07) is 4.87. The van der Waals surface area contributed by atoms with E-state index in [0.29, 0.717) is 11.4 Å². The van der Waals surface area contributed by atoms with Crippen LogP contribution in [-0.4, -0.2) is 56.2 Å². The number of nitrogens with one attached hydrogen (secondary N) is 2. The van der Waals surface area contributed by atoms with Crippen molar-refractivity contribution in [3.8, 4) is 5.75 Å². The van der Waals surface area contributed by atoms with Crippen molar-refractivity contribution in [3.63, 3.8) is 0 Å². The van der Waals surface area contributed by atoms with Crippen LogP contribution in [0, 0.1) is 10.1 Å². The molecule has 0 unspecified atom stereocenters. The lowest BCUT2D eigenvalue weighted by Crippen LogP contribution is -2.44.